The Hall–Kier alpha value is -7.40. The van der Waals surface area contributed by atoms with E-state index in [1.807, 2.05) is 41.5 Å². The zero-order valence-corrected chi connectivity index (χ0v) is 45.0. The summed E-state index contributed by atoms with van der Waals surface area (Å²) in [7, 11) is 1.47. The average Bonchev–Trinajstić information content (AvgIpc) is 3.90. The lowest BCUT2D eigenvalue weighted by Crippen LogP contribution is -2.64. The maximum Gasteiger partial charge on any atom is 0.410 e. The van der Waals surface area contributed by atoms with Crippen molar-refractivity contribution in [2.24, 2.45) is 18.9 Å². The number of amides is 5. The lowest BCUT2D eigenvalue weighted by atomic mass is 9.90. The minimum Gasteiger partial charge on any atom is -0.456 e. The van der Waals surface area contributed by atoms with Crippen molar-refractivity contribution < 1.29 is 55.9 Å². The molecule has 0 bridgehead atoms. The molecule has 3 fully saturated rings. The lowest BCUT2D eigenvalue weighted by molar-refractivity contribution is -0.930. The Labute approximate surface area is 448 Å². The van der Waals surface area contributed by atoms with E-state index >= 15 is 8.78 Å². The van der Waals surface area contributed by atoms with Crippen LogP contribution in [0.2, 0.25) is 5.02 Å². The smallest absolute Gasteiger partial charge is 0.410 e. The number of esters is 1. The monoisotopic (exact) mass is 1090 g/mol. The molecule has 3 aromatic heterocycles. The van der Waals surface area contributed by atoms with Crippen molar-refractivity contribution in [1.82, 2.24) is 44.2 Å². The number of likely N-dealkylation sites (tertiary alicyclic amines) is 2. The number of nitrogens with zero attached hydrogens (tertiary/aromatic N) is 10. The van der Waals surface area contributed by atoms with Crippen molar-refractivity contribution in [3.63, 3.8) is 0 Å². The van der Waals surface area contributed by atoms with Gasteiger partial charge in [-0.1, -0.05) is 17.7 Å². The van der Waals surface area contributed by atoms with Gasteiger partial charge in [0.1, 0.15) is 17.7 Å². The van der Waals surface area contributed by atoms with Gasteiger partial charge in [-0.05, 0) is 84.9 Å². The van der Waals surface area contributed by atoms with Crippen LogP contribution in [0.1, 0.15) is 81.1 Å². The van der Waals surface area contributed by atoms with Crippen molar-refractivity contribution in [3.8, 4) is 22.4 Å². The molecule has 5 aromatic rings. The fraction of sp³-hybridized carbons (Fsp3) is 0.472. The van der Waals surface area contributed by atoms with Gasteiger partial charge in [-0.15, -0.1) is 10.2 Å². The minimum absolute atomic E-state index is 0.0129. The SMILES string of the molecule is Cc1nn(CC(=O)Nc2ccc(F)nn2)cc1-c1ccc(-c2cnc(C(=O)Nc3ccc(C(=O)N4CCN(C(=O)C5CC[N+](CC(=O)OC(C)(C)C)(CC6CN(C(=O)OC(C)(C)C)C6)CC5)CC4)c(Cl)c3)n2C)c(F)c1F. The number of hydrogen-bond donors (Lipinski definition) is 2. The molecule has 2 N–H and O–H groups in total. The standard InChI is InChI=1S/C53H62ClF3N12O8/c1-31-38(27-68(63-31)28-43(70)60-42-14-13-41(55)61-62-42)35-11-12-37(46(57)45(35)56)40-24-58-47(64(40)8)48(72)59-34-9-10-36(39(54)23-34)50(74)66-19-17-65(18-20-66)49(73)33-15-21-69(22-16-33,30-44(71)76-52(2,3)4)29-32-25-67(26-32)51(75)77-53(5,6)7/h9-14,23-24,27,32-33H,15-22,25-26,28-30H2,1-8H3,(H-,59,60,62,70,72,74)/p+1. The number of rotatable bonds is 13. The lowest BCUT2D eigenvalue weighted by Gasteiger charge is -2.49. The largest absolute Gasteiger partial charge is 0.456 e. The number of carbonyl (C=O) groups excluding carboxylic acids is 6. The molecule has 8 rings (SSSR count). The highest BCUT2D eigenvalue weighted by atomic mass is 35.5. The topological polar surface area (TPSA) is 216 Å². The highest BCUT2D eigenvalue weighted by Crippen LogP contribution is 2.35. The van der Waals surface area contributed by atoms with E-state index in [-0.39, 0.29) is 112 Å². The van der Waals surface area contributed by atoms with Crippen LogP contribution in [-0.2, 0) is 37.4 Å². The van der Waals surface area contributed by atoms with Gasteiger partial charge >= 0.3 is 12.1 Å². The summed E-state index contributed by atoms with van der Waals surface area (Å²) in [6.45, 7) is 16.6. The fourth-order valence-electron chi connectivity index (χ4n) is 10.0. The van der Waals surface area contributed by atoms with E-state index in [0.717, 1.165) is 6.07 Å². The number of aryl methyl sites for hydroxylation is 1. The first-order valence-electron chi connectivity index (χ1n) is 25.3. The van der Waals surface area contributed by atoms with E-state index in [9.17, 15) is 33.2 Å². The van der Waals surface area contributed by atoms with Gasteiger partial charge in [0.15, 0.2) is 29.8 Å². The summed E-state index contributed by atoms with van der Waals surface area (Å²) in [5, 5.41) is 16.3. The van der Waals surface area contributed by atoms with Gasteiger partial charge in [0.05, 0.1) is 47.8 Å². The van der Waals surface area contributed by atoms with Crippen LogP contribution in [0, 0.1) is 36.3 Å². The number of quaternary nitrogens is 1. The second-order valence-corrected chi connectivity index (χ2v) is 22.3. The van der Waals surface area contributed by atoms with E-state index < -0.39 is 40.6 Å². The molecule has 0 saturated carbocycles. The molecule has 0 unspecified atom stereocenters. The maximum absolute atomic E-state index is 15.9. The van der Waals surface area contributed by atoms with Crippen molar-refractivity contribution in [1.29, 1.82) is 0 Å². The maximum atomic E-state index is 15.9. The first-order chi connectivity index (χ1) is 36.2. The van der Waals surface area contributed by atoms with Crippen LogP contribution in [0.5, 0.6) is 0 Å². The molecule has 0 radical (unpaired) electrons. The summed E-state index contributed by atoms with van der Waals surface area (Å²) < 4.78 is 59.1. The van der Waals surface area contributed by atoms with Crippen LogP contribution < -0.4 is 10.6 Å². The van der Waals surface area contributed by atoms with Crippen molar-refractivity contribution in [3.05, 3.63) is 94.5 Å². The Morgan fingerprint density at radius 2 is 1.44 bits per heavy atom. The number of nitrogens with one attached hydrogen (secondary N) is 2. The molecule has 20 nitrogen and oxygen atoms in total. The summed E-state index contributed by atoms with van der Waals surface area (Å²) in [6.07, 6.45) is 3.43. The molecule has 24 heteroatoms. The van der Waals surface area contributed by atoms with Crippen LogP contribution >= 0.6 is 11.6 Å². The summed E-state index contributed by atoms with van der Waals surface area (Å²) >= 11 is 6.65. The number of piperidine rings is 1. The molecular weight excluding hydrogens is 1030 g/mol. The molecule has 410 valence electrons. The molecule has 0 atom stereocenters. The molecule has 0 aliphatic carbocycles. The van der Waals surface area contributed by atoms with Crippen molar-refractivity contribution in [2.75, 3.05) is 76.1 Å². The van der Waals surface area contributed by atoms with Crippen LogP contribution in [0.4, 0.5) is 29.5 Å². The average molecular weight is 1090 g/mol. The summed E-state index contributed by atoms with van der Waals surface area (Å²) in [4.78, 5) is 88.9. The van der Waals surface area contributed by atoms with Crippen LogP contribution in [-0.4, -0.2) is 161 Å². The molecule has 2 aromatic carbocycles. The van der Waals surface area contributed by atoms with E-state index in [2.05, 4.69) is 30.9 Å². The fourth-order valence-corrected chi connectivity index (χ4v) is 10.3. The number of ether oxygens (including phenoxy) is 2. The van der Waals surface area contributed by atoms with Gasteiger partial charge in [-0.3, -0.25) is 23.9 Å². The van der Waals surface area contributed by atoms with E-state index in [4.69, 9.17) is 21.1 Å². The quantitative estimate of drug-likeness (QED) is 0.0928. The molecule has 6 heterocycles. The third-order valence-corrected chi connectivity index (χ3v) is 14.0. The Morgan fingerprint density at radius 1 is 0.792 bits per heavy atom. The molecule has 3 aliphatic heterocycles. The van der Waals surface area contributed by atoms with Crippen molar-refractivity contribution in [2.45, 2.75) is 79.1 Å². The Bertz CT molecular complexity index is 3080. The number of carbonyl (C=O) groups is 6. The van der Waals surface area contributed by atoms with E-state index in [1.165, 1.54) is 65.1 Å². The van der Waals surface area contributed by atoms with Gasteiger partial charge in [0.25, 0.3) is 11.8 Å². The highest BCUT2D eigenvalue weighted by molar-refractivity contribution is 6.34. The van der Waals surface area contributed by atoms with E-state index in [1.54, 1.807) is 21.6 Å². The molecule has 5 amide bonds. The second kappa shape index (κ2) is 22.3. The first-order valence-corrected chi connectivity index (χ1v) is 25.7. The second-order valence-electron chi connectivity index (χ2n) is 21.9. The number of anilines is 2. The summed E-state index contributed by atoms with van der Waals surface area (Å²) in [5.74, 6) is -5.30. The minimum atomic E-state index is -1.21. The third kappa shape index (κ3) is 13.2. The molecule has 3 aliphatic rings. The molecular formula is C53H63ClF3N12O8+. The van der Waals surface area contributed by atoms with Crippen LogP contribution in [0.3, 0.4) is 0 Å². The van der Waals surface area contributed by atoms with Gasteiger partial charge < -0.3 is 43.9 Å². The summed E-state index contributed by atoms with van der Waals surface area (Å²) in [5.41, 5.74) is -0.476. The van der Waals surface area contributed by atoms with Crippen molar-refractivity contribution >= 4 is 58.8 Å². The van der Waals surface area contributed by atoms with Gasteiger partial charge in [0.2, 0.25) is 17.8 Å². The number of halogens is 4. The zero-order valence-electron chi connectivity index (χ0n) is 44.3. The normalized spacial score (nSPS) is 18.1. The Balaban J connectivity index is 0.834. The number of aromatic nitrogens is 6. The number of hydrogen-bond acceptors (Lipinski definition) is 12. The molecule has 3 saturated heterocycles. The Morgan fingerprint density at radius 3 is 2.08 bits per heavy atom. The number of benzene rings is 2. The third-order valence-electron chi connectivity index (χ3n) is 13.7. The summed E-state index contributed by atoms with van der Waals surface area (Å²) in [6, 6.07) is 9.39. The Kier molecular flexibility index (Phi) is 16.2. The zero-order chi connectivity index (χ0) is 55.7. The van der Waals surface area contributed by atoms with Crippen LogP contribution in [0.25, 0.3) is 22.4 Å². The predicted molar refractivity (Wildman–Crippen MR) is 277 cm³/mol. The van der Waals surface area contributed by atoms with Crippen LogP contribution in [0.15, 0.2) is 54.9 Å². The highest BCUT2D eigenvalue weighted by Gasteiger charge is 2.45. The first kappa shape index (κ1) is 55.8. The van der Waals surface area contributed by atoms with Gasteiger partial charge in [0, 0.05) is 99.6 Å². The number of imidazole rings is 1. The molecule has 77 heavy (non-hydrogen) atoms. The van der Waals surface area contributed by atoms with Gasteiger partial charge in [-0.25, -0.2) is 23.4 Å². The molecule has 0 spiro atoms. The predicted octanol–water partition coefficient (Wildman–Crippen LogP) is 6.73. The van der Waals surface area contributed by atoms with Gasteiger partial charge in [-0.2, -0.15) is 9.49 Å². The number of piperazine rings is 1. The van der Waals surface area contributed by atoms with E-state index in [0.29, 0.717) is 68.8 Å².